The molecule has 0 radical (unpaired) electrons. The third-order valence-electron chi connectivity index (χ3n) is 4.25. The molecular weight excluding hydrogens is 336 g/mol. The Balaban J connectivity index is 1.75. The van der Waals surface area contributed by atoms with E-state index in [1.54, 1.807) is 30.3 Å². The summed E-state index contributed by atoms with van der Waals surface area (Å²) in [5, 5.41) is 3.14. The summed E-state index contributed by atoms with van der Waals surface area (Å²) in [6.07, 6.45) is 0. The van der Waals surface area contributed by atoms with E-state index in [4.69, 9.17) is 4.42 Å². The SMILES string of the molecule is CN1C(=O)c2cccc(NC(=O)c3cc4ccccc4oc3=O)c2C1=O. The fourth-order valence-corrected chi connectivity index (χ4v) is 2.92. The van der Waals surface area contributed by atoms with E-state index in [1.807, 2.05) is 0 Å². The number of carbonyl (C=O) groups is 3. The molecule has 0 atom stereocenters. The molecule has 0 aliphatic carbocycles. The van der Waals surface area contributed by atoms with Crippen LogP contribution in [0.15, 0.2) is 57.7 Å². The molecule has 3 amide bonds. The summed E-state index contributed by atoms with van der Waals surface area (Å²) in [5.74, 6) is -1.66. The summed E-state index contributed by atoms with van der Waals surface area (Å²) in [4.78, 5) is 50.0. The fraction of sp³-hybridized carbons (Fsp3) is 0.0526. The maximum Gasteiger partial charge on any atom is 0.349 e. The summed E-state index contributed by atoms with van der Waals surface area (Å²) in [6, 6.07) is 12.8. The van der Waals surface area contributed by atoms with E-state index in [0.717, 1.165) is 4.90 Å². The molecule has 1 aliphatic heterocycles. The van der Waals surface area contributed by atoms with Crippen molar-refractivity contribution in [2.24, 2.45) is 0 Å². The topological polar surface area (TPSA) is 96.7 Å². The van der Waals surface area contributed by atoms with Crippen LogP contribution >= 0.6 is 0 Å². The first-order valence-electron chi connectivity index (χ1n) is 7.77. The molecule has 1 aliphatic rings. The van der Waals surface area contributed by atoms with Gasteiger partial charge in [0.25, 0.3) is 17.7 Å². The molecule has 0 spiro atoms. The highest BCUT2D eigenvalue weighted by Crippen LogP contribution is 2.28. The smallest absolute Gasteiger partial charge is 0.349 e. The third kappa shape index (κ3) is 2.29. The number of fused-ring (bicyclic) bond motifs is 2. The molecule has 0 fully saturated rings. The Labute approximate surface area is 146 Å². The second kappa shape index (κ2) is 5.66. The molecule has 3 aromatic rings. The van der Waals surface area contributed by atoms with Crippen molar-refractivity contribution in [1.29, 1.82) is 0 Å². The number of imide groups is 1. The van der Waals surface area contributed by atoms with Gasteiger partial charge in [0.2, 0.25) is 0 Å². The minimum absolute atomic E-state index is 0.110. The summed E-state index contributed by atoms with van der Waals surface area (Å²) >= 11 is 0. The van der Waals surface area contributed by atoms with Crippen LogP contribution in [0.3, 0.4) is 0 Å². The van der Waals surface area contributed by atoms with Gasteiger partial charge >= 0.3 is 5.63 Å². The molecule has 1 aromatic heterocycles. The molecule has 2 heterocycles. The van der Waals surface area contributed by atoms with Crippen molar-refractivity contribution in [3.05, 3.63) is 75.6 Å². The minimum atomic E-state index is -0.784. The summed E-state index contributed by atoms with van der Waals surface area (Å²) in [6.45, 7) is 0. The van der Waals surface area contributed by atoms with Crippen LogP contribution in [0.5, 0.6) is 0 Å². The first-order chi connectivity index (χ1) is 12.5. The van der Waals surface area contributed by atoms with Gasteiger partial charge in [-0.25, -0.2) is 4.79 Å². The molecule has 7 nitrogen and oxygen atoms in total. The first-order valence-corrected chi connectivity index (χ1v) is 7.77. The molecule has 1 N–H and O–H groups in total. The van der Waals surface area contributed by atoms with Crippen molar-refractivity contribution >= 4 is 34.4 Å². The van der Waals surface area contributed by atoms with Crippen molar-refractivity contribution in [2.45, 2.75) is 0 Å². The van der Waals surface area contributed by atoms with Crippen LogP contribution in [-0.4, -0.2) is 29.7 Å². The largest absolute Gasteiger partial charge is 0.422 e. The summed E-state index contributed by atoms with van der Waals surface area (Å²) in [5.41, 5.74) is -0.112. The highest BCUT2D eigenvalue weighted by Gasteiger charge is 2.35. The number of carbonyl (C=O) groups excluding carboxylic acids is 3. The van der Waals surface area contributed by atoms with Crippen molar-refractivity contribution in [1.82, 2.24) is 4.90 Å². The maximum atomic E-state index is 12.6. The lowest BCUT2D eigenvalue weighted by molar-refractivity contribution is 0.0693. The van der Waals surface area contributed by atoms with Gasteiger partial charge in [0.05, 0.1) is 16.8 Å². The Kier molecular flexibility index (Phi) is 3.43. The average Bonchev–Trinajstić information content (AvgIpc) is 2.86. The monoisotopic (exact) mass is 348 g/mol. The number of benzene rings is 2. The number of hydrogen-bond acceptors (Lipinski definition) is 5. The van der Waals surface area contributed by atoms with Crippen molar-refractivity contribution < 1.29 is 18.8 Å². The van der Waals surface area contributed by atoms with E-state index in [0.29, 0.717) is 11.0 Å². The van der Waals surface area contributed by atoms with Gasteiger partial charge in [-0.3, -0.25) is 19.3 Å². The Morgan fingerprint density at radius 3 is 2.58 bits per heavy atom. The van der Waals surface area contributed by atoms with Crippen LogP contribution in [0.25, 0.3) is 11.0 Å². The Hall–Kier alpha value is -3.74. The van der Waals surface area contributed by atoms with Gasteiger partial charge in [-0.2, -0.15) is 0 Å². The molecule has 4 rings (SSSR count). The van der Waals surface area contributed by atoms with E-state index < -0.39 is 23.3 Å². The maximum absolute atomic E-state index is 12.6. The first kappa shape index (κ1) is 15.8. The Morgan fingerprint density at radius 2 is 1.77 bits per heavy atom. The zero-order chi connectivity index (χ0) is 18.4. The van der Waals surface area contributed by atoms with Crippen LogP contribution in [0.1, 0.15) is 31.1 Å². The predicted octanol–water partition coefficient (Wildman–Crippen LogP) is 2.27. The van der Waals surface area contributed by atoms with Gasteiger partial charge in [0, 0.05) is 12.4 Å². The van der Waals surface area contributed by atoms with Gasteiger partial charge in [-0.05, 0) is 24.3 Å². The van der Waals surface area contributed by atoms with Crippen LogP contribution in [-0.2, 0) is 0 Å². The van der Waals surface area contributed by atoms with E-state index in [2.05, 4.69) is 5.32 Å². The number of anilines is 1. The van der Waals surface area contributed by atoms with Gasteiger partial charge < -0.3 is 9.73 Å². The van der Waals surface area contributed by atoms with Gasteiger partial charge in [0.1, 0.15) is 11.1 Å². The lowest BCUT2D eigenvalue weighted by Gasteiger charge is -2.09. The highest BCUT2D eigenvalue weighted by atomic mass is 16.4. The number of hydrogen-bond donors (Lipinski definition) is 1. The molecular formula is C19H12N2O5. The van der Waals surface area contributed by atoms with E-state index in [-0.39, 0.29) is 22.4 Å². The van der Waals surface area contributed by atoms with Crippen LogP contribution in [0, 0.1) is 0 Å². The second-order valence-electron chi connectivity index (χ2n) is 5.84. The standard InChI is InChI=1S/C19H12N2O5/c1-21-17(23)11-6-4-7-13(15(11)18(21)24)20-16(22)12-9-10-5-2-3-8-14(10)26-19(12)25/h2-9H,1H3,(H,20,22). The fourth-order valence-electron chi connectivity index (χ4n) is 2.92. The van der Waals surface area contributed by atoms with Crippen LogP contribution < -0.4 is 10.9 Å². The Bertz CT molecular complexity index is 1160. The number of nitrogens with zero attached hydrogens (tertiary/aromatic N) is 1. The van der Waals surface area contributed by atoms with Crippen LogP contribution in [0.4, 0.5) is 5.69 Å². The number of para-hydroxylation sites is 1. The van der Waals surface area contributed by atoms with Gasteiger partial charge in [0.15, 0.2) is 0 Å². The van der Waals surface area contributed by atoms with E-state index >= 15 is 0 Å². The average molecular weight is 348 g/mol. The molecule has 7 heteroatoms. The Morgan fingerprint density at radius 1 is 1.00 bits per heavy atom. The van der Waals surface area contributed by atoms with E-state index in [9.17, 15) is 19.2 Å². The summed E-state index contributed by atoms with van der Waals surface area (Å²) < 4.78 is 5.15. The quantitative estimate of drug-likeness (QED) is 0.566. The normalized spacial score (nSPS) is 13.2. The lowest BCUT2D eigenvalue weighted by Crippen LogP contribution is -2.25. The minimum Gasteiger partial charge on any atom is -0.422 e. The highest BCUT2D eigenvalue weighted by molar-refractivity contribution is 6.24. The van der Waals surface area contributed by atoms with Crippen molar-refractivity contribution in [3.8, 4) is 0 Å². The number of nitrogens with one attached hydrogen (secondary N) is 1. The molecule has 2 aromatic carbocycles. The van der Waals surface area contributed by atoms with E-state index in [1.165, 1.54) is 25.2 Å². The van der Waals surface area contributed by atoms with Crippen molar-refractivity contribution in [2.75, 3.05) is 12.4 Å². The van der Waals surface area contributed by atoms with Crippen LogP contribution in [0.2, 0.25) is 0 Å². The molecule has 0 saturated heterocycles. The van der Waals surface area contributed by atoms with Crippen molar-refractivity contribution in [3.63, 3.8) is 0 Å². The molecule has 0 bridgehead atoms. The molecule has 128 valence electrons. The van der Waals surface area contributed by atoms with Gasteiger partial charge in [-0.15, -0.1) is 0 Å². The number of amides is 3. The second-order valence-corrected chi connectivity index (χ2v) is 5.84. The zero-order valence-corrected chi connectivity index (χ0v) is 13.6. The molecule has 0 unspecified atom stereocenters. The lowest BCUT2D eigenvalue weighted by atomic mass is 10.1. The molecule has 26 heavy (non-hydrogen) atoms. The molecule has 0 saturated carbocycles. The number of rotatable bonds is 2. The predicted molar refractivity (Wildman–Crippen MR) is 93.3 cm³/mol. The zero-order valence-electron chi connectivity index (χ0n) is 13.6. The summed E-state index contributed by atoms with van der Waals surface area (Å²) in [7, 11) is 1.37. The van der Waals surface area contributed by atoms with Gasteiger partial charge in [-0.1, -0.05) is 24.3 Å². The third-order valence-corrected chi connectivity index (χ3v) is 4.25.